The molecule has 4 heteroatoms. The highest BCUT2D eigenvalue weighted by Gasteiger charge is 2.02. The number of aliphatic hydroxyl groups excluding tert-OH is 2. The first kappa shape index (κ1) is 8.96. The maximum atomic E-state index is 8.92. The molecule has 0 aliphatic carbocycles. The van der Waals surface area contributed by atoms with E-state index >= 15 is 0 Å². The first-order chi connectivity index (χ1) is 5.83. The predicted molar refractivity (Wildman–Crippen MR) is 42.8 cm³/mol. The Bertz CT molecular complexity index is 215. The fourth-order valence-electron chi connectivity index (χ4n) is 0.667. The van der Waals surface area contributed by atoms with Crippen molar-refractivity contribution in [2.24, 2.45) is 0 Å². The first-order valence-electron chi connectivity index (χ1n) is 3.65. The molecule has 1 heterocycles. The van der Waals surface area contributed by atoms with Crippen LogP contribution in [0.4, 0.5) is 0 Å². The zero-order valence-corrected chi connectivity index (χ0v) is 6.55. The summed E-state index contributed by atoms with van der Waals surface area (Å²) in [5, 5.41) is 17.4. The Kier molecular flexibility index (Phi) is 3.50. The summed E-state index contributed by atoms with van der Waals surface area (Å²) in [7, 11) is 0. The second-order valence-electron chi connectivity index (χ2n) is 2.32. The molecule has 66 valence electrons. The van der Waals surface area contributed by atoms with Crippen LogP contribution >= 0.6 is 0 Å². The third kappa shape index (κ3) is 2.86. The Labute approximate surface area is 70.4 Å². The summed E-state index contributed by atoms with van der Waals surface area (Å²) in [6.45, 7) is -0.236. The van der Waals surface area contributed by atoms with E-state index in [4.69, 9.17) is 14.9 Å². The Morgan fingerprint density at radius 2 is 2.33 bits per heavy atom. The van der Waals surface area contributed by atoms with Crippen molar-refractivity contribution in [1.82, 2.24) is 4.98 Å². The molecule has 0 saturated heterocycles. The number of aliphatic hydroxyl groups is 2. The average Bonchev–Trinajstić information content (AvgIpc) is 2.16. The highest BCUT2D eigenvalue weighted by molar-refractivity contribution is 5.09. The van der Waals surface area contributed by atoms with Crippen molar-refractivity contribution in [2.45, 2.75) is 6.10 Å². The molecule has 0 aromatic carbocycles. The van der Waals surface area contributed by atoms with E-state index in [2.05, 4.69) is 4.98 Å². The molecule has 1 rings (SSSR count). The van der Waals surface area contributed by atoms with E-state index < -0.39 is 6.10 Å². The van der Waals surface area contributed by atoms with Gasteiger partial charge in [0.15, 0.2) is 0 Å². The predicted octanol–water partition coefficient (Wildman–Crippen LogP) is -0.186. The lowest BCUT2D eigenvalue weighted by Gasteiger charge is -2.07. The van der Waals surface area contributed by atoms with E-state index in [9.17, 15) is 0 Å². The molecule has 0 fully saturated rings. The molecule has 0 radical (unpaired) electrons. The minimum atomic E-state index is -0.841. The molecule has 2 N–H and O–H groups in total. The van der Waals surface area contributed by atoms with Crippen molar-refractivity contribution in [1.29, 1.82) is 0 Å². The van der Waals surface area contributed by atoms with Crippen LogP contribution < -0.4 is 4.74 Å². The number of hydrogen-bond donors (Lipinski definition) is 2. The Balaban J connectivity index is 2.33. The Hall–Kier alpha value is -1.13. The van der Waals surface area contributed by atoms with E-state index in [1.54, 1.807) is 24.4 Å². The van der Waals surface area contributed by atoms with E-state index in [-0.39, 0.29) is 13.2 Å². The molecule has 0 saturated carbocycles. The van der Waals surface area contributed by atoms with Gasteiger partial charge in [-0.2, -0.15) is 0 Å². The molecule has 0 aliphatic rings. The molecule has 1 aromatic heterocycles. The number of pyridine rings is 1. The minimum absolute atomic E-state index is 0.0630. The van der Waals surface area contributed by atoms with Crippen molar-refractivity contribution in [3.05, 3.63) is 24.4 Å². The lowest BCUT2D eigenvalue weighted by atomic mass is 10.4. The fraction of sp³-hybridized carbons (Fsp3) is 0.375. The van der Waals surface area contributed by atoms with Gasteiger partial charge in [-0.3, -0.25) is 0 Å². The highest BCUT2D eigenvalue weighted by atomic mass is 16.5. The number of hydrogen-bond acceptors (Lipinski definition) is 4. The maximum Gasteiger partial charge on any atom is 0.213 e. The summed E-state index contributed by atoms with van der Waals surface area (Å²) in [5.41, 5.74) is 0. The SMILES string of the molecule is OCC(O)COc1ccccn1. The van der Waals surface area contributed by atoms with E-state index in [0.717, 1.165) is 0 Å². The summed E-state index contributed by atoms with van der Waals surface area (Å²) in [6, 6.07) is 5.24. The van der Waals surface area contributed by atoms with E-state index in [1.165, 1.54) is 0 Å². The molecule has 0 spiro atoms. The molecule has 0 amide bonds. The smallest absolute Gasteiger partial charge is 0.213 e. The van der Waals surface area contributed by atoms with Crippen LogP contribution in [0.5, 0.6) is 5.88 Å². The van der Waals surface area contributed by atoms with Gasteiger partial charge in [0, 0.05) is 12.3 Å². The molecule has 1 aromatic rings. The van der Waals surface area contributed by atoms with Crippen LogP contribution in [0.25, 0.3) is 0 Å². The highest BCUT2D eigenvalue weighted by Crippen LogP contribution is 2.02. The standard InChI is InChI=1S/C8H11NO3/c10-5-7(11)6-12-8-3-1-2-4-9-8/h1-4,7,10-11H,5-6H2. The van der Waals surface area contributed by atoms with Crippen LogP contribution in [-0.4, -0.2) is 34.5 Å². The summed E-state index contributed by atoms with van der Waals surface area (Å²) < 4.78 is 5.04. The van der Waals surface area contributed by atoms with Gasteiger partial charge in [-0.1, -0.05) is 6.07 Å². The van der Waals surface area contributed by atoms with Crippen molar-refractivity contribution < 1.29 is 14.9 Å². The van der Waals surface area contributed by atoms with Gasteiger partial charge in [0.25, 0.3) is 0 Å². The molecular formula is C8H11NO3. The van der Waals surface area contributed by atoms with Crippen LogP contribution in [0.3, 0.4) is 0 Å². The average molecular weight is 169 g/mol. The van der Waals surface area contributed by atoms with Crippen molar-refractivity contribution in [3.63, 3.8) is 0 Å². The van der Waals surface area contributed by atoms with Gasteiger partial charge in [-0.05, 0) is 6.07 Å². The van der Waals surface area contributed by atoms with Crippen LogP contribution in [0.2, 0.25) is 0 Å². The lowest BCUT2D eigenvalue weighted by Crippen LogP contribution is -2.21. The van der Waals surface area contributed by atoms with Crippen LogP contribution in [-0.2, 0) is 0 Å². The van der Waals surface area contributed by atoms with Gasteiger partial charge in [0.2, 0.25) is 5.88 Å². The topological polar surface area (TPSA) is 62.6 Å². The molecule has 0 bridgehead atoms. The summed E-state index contributed by atoms with van der Waals surface area (Å²) in [5.74, 6) is 0.449. The number of rotatable bonds is 4. The van der Waals surface area contributed by atoms with Crippen molar-refractivity contribution >= 4 is 0 Å². The van der Waals surface area contributed by atoms with Gasteiger partial charge >= 0.3 is 0 Å². The van der Waals surface area contributed by atoms with Crippen LogP contribution in [0.1, 0.15) is 0 Å². The normalized spacial score (nSPS) is 12.5. The molecule has 12 heavy (non-hydrogen) atoms. The number of ether oxygens (including phenoxy) is 1. The quantitative estimate of drug-likeness (QED) is 0.656. The zero-order chi connectivity index (χ0) is 8.81. The Morgan fingerprint density at radius 3 is 2.92 bits per heavy atom. The summed E-state index contributed by atoms with van der Waals surface area (Å²) in [6.07, 6.45) is 0.757. The molecule has 0 aliphatic heterocycles. The lowest BCUT2D eigenvalue weighted by molar-refractivity contribution is 0.0521. The van der Waals surface area contributed by atoms with Gasteiger partial charge in [0.05, 0.1) is 6.61 Å². The number of aromatic nitrogens is 1. The van der Waals surface area contributed by atoms with Gasteiger partial charge in [-0.25, -0.2) is 4.98 Å². The van der Waals surface area contributed by atoms with Crippen molar-refractivity contribution in [3.8, 4) is 5.88 Å². The first-order valence-corrected chi connectivity index (χ1v) is 3.65. The van der Waals surface area contributed by atoms with Crippen LogP contribution in [0, 0.1) is 0 Å². The second kappa shape index (κ2) is 4.69. The maximum absolute atomic E-state index is 8.92. The molecule has 1 atom stereocenters. The third-order valence-corrected chi connectivity index (χ3v) is 1.27. The molecule has 1 unspecified atom stereocenters. The third-order valence-electron chi connectivity index (χ3n) is 1.27. The Morgan fingerprint density at radius 1 is 1.50 bits per heavy atom. The summed E-state index contributed by atoms with van der Waals surface area (Å²) in [4.78, 5) is 3.87. The molecule has 4 nitrogen and oxygen atoms in total. The van der Waals surface area contributed by atoms with Crippen LogP contribution in [0.15, 0.2) is 24.4 Å². The van der Waals surface area contributed by atoms with Gasteiger partial charge in [0.1, 0.15) is 12.7 Å². The zero-order valence-electron chi connectivity index (χ0n) is 6.55. The van der Waals surface area contributed by atoms with Gasteiger partial charge < -0.3 is 14.9 Å². The van der Waals surface area contributed by atoms with Gasteiger partial charge in [-0.15, -0.1) is 0 Å². The largest absolute Gasteiger partial charge is 0.475 e. The molecular weight excluding hydrogens is 158 g/mol. The van der Waals surface area contributed by atoms with E-state index in [0.29, 0.717) is 5.88 Å². The second-order valence-corrected chi connectivity index (χ2v) is 2.32. The van der Waals surface area contributed by atoms with E-state index in [1.807, 2.05) is 0 Å². The minimum Gasteiger partial charge on any atom is -0.475 e. The number of nitrogens with zero attached hydrogens (tertiary/aromatic N) is 1. The summed E-state index contributed by atoms with van der Waals surface area (Å²) >= 11 is 0. The van der Waals surface area contributed by atoms with Crippen molar-refractivity contribution in [2.75, 3.05) is 13.2 Å². The fourth-order valence-corrected chi connectivity index (χ4v) is 0.667. The monoisotopic (exact) mass is 169 g/mol.